The lowest BCUT2D eigenvalue weighted by Gasteiger charge is -2.32. The number of amides is 1. The van der Waals surface area contributed by atoms with Crippen molar-refractivity contribution in [1.29, 1.82) is 0 Å². The molecule has 6 nitrogen and oxygen atoms in total. The summed E-state index contributed by atoms with van der Waals surface area (Å²) < 4.78 is 1.92. The van der Waals surface area contributed by atoms with Crippen molar-refractivity contribution in [3.63, 3.8) is 0 Å². The van der Waals surface area contributed by atoms with Crippen LogP contribution in [0.25, 0.3) is 11.0 Å². The van der Waals surface area contributed by atoms with E-state index in [1.165, 1.54) is 5.56 Å². The number of aromatic amines is 1. The van der Waals surface area contributed by atoms with E-state index in [2.05, 4.69) is 15.2 Å². The van der Waals surface area contributed by atoms with Crippen LogP contribution in [0.2, 0.25) is 0 Å². The monoisotopic (exact) mass is 426 g/mol. The summed E-state index contributed by atoms with van der Waals surface area (Å²) in [6.07, 6.45) is 1.89. The molecule has 6 heteroatoms. The molecule has 1 saturated heterocycles. The number of rotatable bonds is 5. The number of carbonyl (C=O) groups excluding carboxylic acids is 1. The Morgan fingerprint density at radius 3 is 2.34 bits per heavy atom. The van der Waals surface area contributed by atoms with Gasteiger partial charge in [-0.15, -0.1) is 0 Å². The third kappa shape index (κ3) is 4.22. The second kappa shape index (κ2) is 8.85. The topological polar surface area (TPSA) is 70.1 Å². The third-order valence-electron chi connectivity index (χ3n) is 6.20. The van der Waals surface area contributed by atoms with Gasteiger partial charge in [0.15, 0.2) is 0 Å². The molecule has 32 heavy (non-hydrogen) atoms. The molecule has 0 saturated carbocycles. The number of nitrogens with one attached hydrogen (secondary N) is 2. The molecule has 0 bridgehead atoms. The Kier molecular flexibility index (Phi) is 5.60. The number of anilines is 1. The van der Waals surface area contributed by atoms with Crippen LogP contribution in [0.5, 0.6) is 0 Å². The maximum Gasteiger partial charge on any atom is 0.326 e. The molecule has 3 aromatic carbocycles. The predicted octanol–water partition coefficient (Wildman–Crippen LogP) is 4.42. The van der Waals surface area contributed by atoms with Gasteiger partial charge in [-0.05, 0) is 54.8 Å². The van der Waals surface area contributed by atoms with Crippen molar-refractivity contribution >= 4 is 22.6 Å². The first kappa shape index (κ1) is 20.3. The number of benzene rings is 3. The van der Waals surface area contributed by atoms with Crippen LogP contribution in [-0.2, 0) is 6.54 Å². The molecule has 162 valence electrons. The van der Waals surface area contributed by atoms with Crippen molar-refractivity contribution in [3.05, 3.63) is 100 Å². The van der Waals surface area contributed by atoms with Crippen LogP contribution in [-0.4, -0.2) is 33.4 Å². The van der Waals surface area contributed by atoms with Crippen LogP contribution in [0.4, 0.5) is 5.69 Å². The SMILES string of the molecule is O=C(Nc1ccccc1)c1ccc(CN2CCC(n3c(=O)[nH]c4ccccc43)CC2)cc1. The van der Waals surface area contributed by atoms with E-state index in [1.54, 1.807) is 0 Å². The molecule has 1 aliphatic rings. The summed E-state index contributed by atoms with van der Waals surface area (Å²) in [5, 5.41) is 2.91. The van der Waals surface area contributed by atoms with Gasteiger partial charge in [0, 0.05) is 36.9 Å². The second-order valence-electron chi connectivity index (χ2n) is 8.34. The summed E-state index contributed by atoms with van der Waals surface area (Å²) in [5.41, 5.74) is 4.49. The van der Waals surface area contributed by atoms with E-state index in [1.807, 2.05) is 83.4 Å². The van der Waals surface area contributed by atoms with Crippen molar-refractivity contribution in [1.82, 2.24) is 14.5 Å². The van der Waals surface area contributed by atoms with Crippen molar-refractivity contribution in [2.45, 2.75) is 25.4 Å². The zero-order valence-electron chi connectivity index (χ0n) is 17.8. The van der Waals surface area contributed by atoms with E-state index in [-0.39, 0.29) is 17.6 Å². The van der Waals surface area contributed by atoms with Crippen molar-refractivity contribution in [2.24, 2.45) is 0 Å². The molecule has 1 fully saturated rings. The van der Waals surface area contributed by atoms with Gasteiger partial charge in [0.2, 0.25) is 0 Å². The van der Waals surface area contributed by atoms with Gasteiger partial charge >= 0.3 is 5.69 Å². The summed E-state index contributed by atoms with van der Waals surface area (Å²) in [6, 6.07) is 25.4. The van der Waals surface area contributed by atoms with E-state index in [9.17, 15) is 9.59 Å². The second-order valence-corrected chi connectivity index (χ2v) is 8.34. The first-order valence-corrected chi connectivity index (χ1v) is 11.0. The molecular weight excluding hydrogens is 400 g/mol. The normalized spacial score (nSPS) is 15.1. The molecular formula is C26H26N4O2. The van der Waals surface area contributed by atoms with Crippen LogP contribution < -0.4 is 11.0 Å². The van der Waals surface area contributed by atoms with Gasteiger partial charge in [-0.1, -0.05) is 42.5 Å². The lowest BCUT2D eigenvalue weighted by atomic mass is 10.0. The Labute approximate surface area is 186 Å². The molecule has 0 unspecified atom stereocenters. The van der Waals surface area contributed by atoms with E-state index in [0.717, 1.165) is 49.2 Å². The zero-order valence-corrected chi connectivity index (χ0v) is 17.8. The molecule has 2 heterocycles. The maximum atomic E-state index is 12.5. The predicted molar refractivity (Wildman–Crippen MR) is 127 cm³/mol. The number of hydrogen-bond acceptors (Lipinski definition) is 3. The fourth-order valence-electron chi connectivity index (χ4n) is 4.52. The highest BCUT2D eigenvalue weighted by molar-refractivity contribution is 6.04. The minimum atomic E-state index is -0.104. The molecule has 1 aliphatic heterocycles. The van der Waals surface area contributed by atoms with Gasteiger partial charge in [-0.25, -0.2) is 4.79 Å². The lowest BCUT2D eigenvalue weighted by Crippen LogP contribution is -2.36. The lowest BCUT2D eigenvalue weighted by molar-refractivity contribution is 0.102. The van der Waals surface area contributed by atoms with E-state index >= 15 is 0 Å². The molecule has 0 radical (unpaired) electrons. The van der Waals surface area contributed by atoms with Crippen molar-refractivity contribution in [3.8, 4) is 0 Å². The molecule has 0 aliphatic carbocycles. The van der Waals surface area contributed by atoms with E-state index in [0.29, 0.717) is 5.56 Å². The Hall–Kier alpha value is -3.64. The number of imidazole rings is 1. The number of carbonyl (C=O) groups is 1. The molecule has 2 N–H and O–H groups in total. The Morgan fingerprint density at radius 1 is 0.906 bits per heavy atom. The van der Waals surface area contributed by atoms with Crippen LogP contribution >= 0.6 is 0 Å². The number of fused-ring (bicyclic) bond motifs is 1. The van der Waals surface area contributed by atoms with Crippen molar-refractivity contribution in [2.75, 3.05) is 18.4 Å². The molecule has 4 aromatic rings. The molecule has 1 amide bonds. The number of aromatic nitrogens is 2. The largest absolute Gasteiger partial charge is 0.326 e. The van der Waals surface area contributed by atoms with Gasteiger partial charge in [0.25, 0.3) is 5.91 Å². The number of likely N-dealkylation sites (tertiary alicyclic amines) is 1. The summed E-state index contributed by atoms with van der Waals surface area (Å²) in [4.78, 5) is 30.3. The summed E-state index contributed by atoms with van der Waals surface area (Å²) >= 11 is 0. The summed E-state index contributed by atoms with van der Waals surface area (Å²) in [7, 11) is 0. The molecule has 1 aromatic heterocycles. The van der Waals surface area contributed by atoms with Gasteiger partial charge in [-0.2, -0.15) is 0 Å². The number of para-hydroxylation sites is 3. The van der Waals surface area contributed by atoms with Gasteiger partial charge in [0.1, 0.15) is 0 Å². The Bertz CT molecular complexity index is 1270. The number of hydrogen-bond donors (Lipinski definition) is 2. The van der Waals surface area contributed by atoms with Crippen LogP contribution in [0.3, 0.4) is 0 Å². The fraction of sp³-hybridized carbons (Fsp3) is 0.231. The van der Waals surface area contributed by atoms with Gasteiger partial charge in [-0.3, -0.25) is 14.3 Å². The summed E-state index contributed by atoms with van der Waals surface area (Å²) in [5.74, 6) is -0.104. The first-order chi connectivity index (χ1) is 15.7. The average molecular weight is 427 g/mol. The first-order valence-electron chi connectivity index (χ1n) is 11.0. The van der Waals surface area contributed by atoms with E-state index < -0.39 is 0 Å². The number of nitrogens with zero attached hydrogens (tertiary/aromatic N) is 2. The van der Waals surface area contributed by atoms with Crippen LogP contribution in [0, 0.1) is 0 Å². The third-order valence-corrected chi connectivity index (χ3v) is 6.20. The maximum absolute atomic E-state index is 12.5. The standard InChI is InChI=1S/C26H26N4O2/c31-25(27-21-6-2-1-3-7-21)20-12-10-19(11-13-20)18-29-16-14-22(15-17-29)30-24-9-5-4-8-23(24)28-26(30)32/h1-13,22H,14-18H2,(H,27,31)(H,28,32). The minimum Gasteiger partial charge on any atom is -0.322 e. The Balaban J connectivity index is 1.19. The smallest absolute Gasteiger partial charge is 0.322 e. The highest BCUT2D eigenvalue weighted by atomic mass is 16.2. The van der Waals surface area contributed by atoms with Gasteiger partial charge < -0.3 is 10.3 Å². The minimum absolute atomic E-state index is 0.0194. The molecule has 5 rings (SSSR count). The molecule has 0 atom stereocenters. The number of piperidine rings is 1. The highest BCUT2D eigenvalue weighted by Gasteiger charge is 2.23. The zero-order chi connectivity index (χ0) is 21.9. The average Bonchev–Trinajstić information content (AvgIpc) is 3.16. The van der Waals surface area contributed by atoms with Crippen LogP contribution in [0.15, 0.2) is 83.7 Å². The van der Waals surface area contributed by atoms with E-state index in [4.69, 9.17) is 0 Å². The van der Waals surface area contributed by atoms with Crippen molar-refractivity contribution < 1.29 is 4.79 Å². The highest BCUT2D eigenvalue weighted by Crippen LogP contribution is 2.25. The molecule has 0 spiro atoms. The number of H-pyrrole nitrogens is 1. The van der Waals surface area contributed by atoms with Gasteiger partial charge in [0.05, 0.1) is 11.0 Å². The van der Waals surface area contributed by atoms with Crippen LogP contribution in [0.1, 0.15) is 34.8 Å². The fourth-order valence-corrected chi connectivity index (χ4v) is 4.52. The Morgan fingerprint density at radius 2 is 1.59 bits per heavy atom. The quantitative estimate of drug-likeness (QED) is 0.496. The summed E-state index contributed by atoms with van der Waals surface area (Å²) in [6.45, 7) is 2.72.